The average molecular weight is 395 g/mol. The van der Waals surface area contributed by atoms with Gasteiger partial charge in [-0.15, -0.1) is 13.2 Å². The minimum atomic E-state index is -4.74. The first kappa shape index (κ1) is 14.8. The molecule has 0 bridgehead atoms. The maximum Gasteiger partial charge on any atom is 0.573 e. The molecular formula is C12H9F3IN3O. The number of aromatic nitrogens is 2. The Kier molecular flexibility index (Phi) is 4.02. The zero-order valence-corrected chi connectivity index (χ0v) is 12.4. The number of hydrogen-bond acceptors (Lipinski definition) is 4. The van der Waals surface area contributed by atoms with Crippen LogP contribution in [-0.4, -0.2) is 16.3 Å². The molecule has 2 rings (SSSR count). The van der Waals surface area contributed by atoms with Gasteiger partial charge in [-0.1, -0.05) is 12.1 Å². The van der Waals surface area contributed by atoms with Crippen molar-refractivity contribution < 1.29 is 17.9 Å². The Morgan fingerprint density at radius 2 is 1.95 bits per heavy atom. The Labute approximate surface area is 126 Å². The summed E-state index contributed by atoms with van der Waals surface area (Å²) in [5, 5.41) is 0. The molecule has 0 unspecified atom stereocenters. The highest BCUT2D eigenvalue weighted by Crippen LogP contribution is 2.27. The van der Waals surface area contributed by atoms with Gasteiger partial charge in [-0.3, -0.25) is 0 Å². The first-order chi connectivity index (χ1) is 9.26. The summed E-state index contributed by atoms with van der Waals surface area (Å²) < 4.78 is 41.1. The Morgan fingerprint density at radius 1 is 1.25 bits per heavy atom. The van der Waals surface area contributed by atoms with Crippen LogP contribution in [0, 0.1) is 10.5 Å². The van der Waals surface area contributed by atoms with E-state index in [1.165, 1.54) is 18.2 Å². The van der Waals surface area contributed by atoms with E-state index in [9.17, 15) is 13.2 Å². The van der Waals surface area contributed by atoms with Crippen molar-refractivity contribution >= 4 is 28.4 Å². The third-order valence-corrected chi connectivity index (χ3v) is 3.70. The zero-order valence-electron chi connectivity index (χ0n) is 10.2. The van der Waals surface area contributed by atoms with E-state index < -0.39 is 6.36 Å². The van der Waals surface area contributed by atoms with Crippen LogP contribution < -0.4 is 10.5 Å². The van der Waals surface area contributed by atoms with Gasteiger partial charge in [0.25, 0.3) is 0 Å². The summed E-state index contributed by atoms with van der Waals surface area (Å²) in [6, 6.07) is 5.45. The van der Waals surface area contributed by atoms with Crippen LogP contribution in [-0.2, 0) is 0 Å². The maximum absolute atomic E-state index is 12.2. The molecule has 20 heavy (non-hydrogen) atoms. The molecule has 2 N–H and O–H groups in total. The van der Waals surface area contributed by atoms with Gasteiger partial charge >= 0.3 is 6.36 Å². The lowest BCUT2D eigenvalue weighted by Gasteiger charge is -2.10. The summed E-state index contributed by atoms with van der Waals surface area (Å²) in [6.07, 6.45) is -4.74. The van der Waals surface area contributed by atoms with Crippen LogP contribution in [0.4, 0.5) is 19.0 Å². The quantitative estimate of drug-likeness (QED) is 0.791. The first-order valence-corrected chi connectivity index (χ1v) is 6.50. The van der Waals surface area contributed by atoms with Gasteiger partial charge in [-0.2, -0.15) is 0 Å². The Hall–Kier alpha value is -1.58. The van der Waals surface area contributed by atoms with Gasteiger partial charge in [0.05, 0.1) is 9.26 Å². The summed E-state index contributed by atoms with van der Waals surface area (Å²) in [4.78, 5) is 8.27. The summed E-state index contributed by atoms with van der Waals surface area (Å²) in [6.45, 7) is 1.75. The molecule has 0 aliphatic heterocycles. The molecule has 0 radical (unpaired) electrons. The molecule has 1 heterocycles. The Balaban J connectivity index is 2.41. The molecule has 0 aliphatic carbocycles. The monoisotopic (exact) mass is 395 g/mol. The van der Waals surface area contributed by atoms with Crippen LogP contribution in [0.2, 0.25) is 0 Å². The molecule has 0 aliphatic rings. The van der Waals surface area contributed by atoms with Gasteiger partial charge in [0.2, 0.25) is 0 Å². The lowest BCUT2D eigenvalue weighted by Crippen LogP contribution is -2.17. The minimum Gasteiger partial charge on any atom is -0.406 e. The van der Waals surface area contributed by atoms with Crippen LogP contribution in [0.15, 0.2) is 24.3 Å². The fourth-order valence-corrected chi connectivity index (χ4v) is 1.78. The molecule has 0 atom stereocenters. The van der Waals surface area contributed by atoms with Crippen LogP contribution in [0.3, 0.4) is 0 Å². The third-order valence-electron chi connectivity index (χ3n) is 2.37. The molecule has 0 saturated carbocycles. The standard InChI is InChI=1S/C12H9F3IN3O/c1-6-9(16)10(17)19-11(18-6)7-3-2-4-8(5-7)20-12(13,14)15/h2-5H,1H3,(H2,17,18,19). The number of hydrogen-bond donors (Lipinski definition) is 1. The zero-order chi connectivity index (χ0) is 14.9. The number of anilines is 1. The molecule has 4 nitrogen and oxygen atoms in total. The Morgan fingerprint density at radius 3 is 2.55 bits per heavy atom. The maximum atomic E-state index is 12.2. The number of rotatable bonds is 2. The SMILES string of the molecule is Cc1nc(-c2cccc(OC(F)(F)F)c2)nc(N)c1I. The summed E-state index contributed by atoms with van der Waals surface area (Å²) >= 11 is 2.01. The number of benzene rings is 1. The van der Waals surface area contributed by atoms with E-state index in [2.05, 4.69) is 14.7 Å². The highest BCUT2D eigenvalue weighted by atomic mass is 127. The van der Waals surface area contributed by atoms with E-state index in [1.54, 1.807) is 13.0 Å². The largest absolute Gasteiger partial charge is 0.573 e. The molecule has 1 aromatic carbocycles. The highest BCUT2D eigenvalue weighted by molar-refractivity contribution is 14.1. The second-order valence-electron chi connectivity index (χ2n) is 3.91. The fraction of sp³-hybridized carbons (Fsp3) is 0.167. The van der Waals surface area contributed by atoms with Gasteiger partial charge in [-0.25, -0.2) is 9.97 Å². The number of ether oxygens (including phenoxy) is 1. The summed E-state index contributed by atoms with van der Waals surface area (Å²) in [7, 11) is 0. The molecule has 8 heteroatoms. The molecule has 0 amide bonds. The van der Waals surface area contributed by atoms with Crippen molar-refractivity contribution in [2.24, 2.45) is 0 Å². The molecule has 2 aromatic rings. The molecular weight excluding hydrogens is 386 g/mol. The lowest BCUT2D eigenvalue weighted by atomic mass is 10.2. The molecule has 106 valence electrons. The van der Waals surface area contributed by atoms with E-state index in [0.717, 1.165) is 0 Å². The summed E-state index contributed by atoms with van der Waals surface area (Å²) in [5.41, 5.74) is 6.79. The molecule has 0 saturated heterocycles. The van der Waals surface area contributed by atoms with Crippen LogP contribution >= 0.6 is 22.6 Å². The highest BCUT2D eigenvalue weighted by Gasteiger charge is 2.31. The second-order valence-corrected chi connectivity index (χ2v) is 4.99. The van der Waals surface area contributed by atoms with Crippen molar-refractivity contribution in [1.29, 1.82) is 0 Å². The van der Waals surface area contributed by atoms with Gasteiger partial charge in [0.1, 0.15) is 11.6 Å². The predicted molar refractivity (Wildman–Crippen MR) is 76.0 cm³/mol. The molecule has 1 aromatic heterocycles. The van der Waals surface area contributed by atoms with E-state index in [1.807, 2.05) is 22.6 Å². The number of nitrogens with zero attached hydrogens (tertiary/aromatic N) is 2. The van der Waals surface area contributed by atoms with Gasteiger partial charge < -0.3 is 10.5 Å². The van der Waals surface area contributed by atoms with E-state index in [-0.39, 0.29) is 17.4 Å². The Bertz CT molecular complexity index is 623. The van der Waals surface area contributed by atoms with Crippen molar-refractivity contribution in [3.8, 4) is 17.1 Å². The average Bonchev–Trinajstić information content (AvgIpc) is 2.33. The molecule has 0 fully saturated rings. The van der Waals surface area contributed by atoms with Crippen LogP contribution in [0.1, 0.15) is 5.69 Å². The van der Waals surface area contributed by atoms with Crippen molar-refractivity contribution in [3.63, 3.8) is 0 Å². The van der Waals surface area contributed by atoms with Gasteiger partial charge in [0, 0.05) is 5.56 Å². The molecule has 0 spiro atoms. The van der Waals surface area contributed by atoms with Crippen LogP contribution in [0.5, 0.6) is 5.75 Å². The normalized spacial score (nSPS) is 11.4. The first-order valence-electron chi connectivity index (χ1n) is 5.42. The lowest BCUT2D eigenvalue weighted by molar-refractivity contribution is -0.274. The summed E-state index contributed by atoms with van der Waals surface area (Å²) in [5.74, 6) is 0.219. The van der Waals surface area contributed by atoms with Crippen molar-refractivity contribution in [1.82, 2.24) is 9.97 Å². The number of aryl methyl sites for hydroxylation is 1. The van der Waals surface area contributed by atoms with Crippen molar-refractivity contribution in [2.75, 3.05) is 5.73 Å². The van der Waals surface area contributed by atoms with Crippen molar-refractivity contribution in [2.45, 2.75) is 13.3 Å². The fourth-order valence-electron chi connectivity index (χ4n) is 1.54. The number of halogens is 4. The van der Waals surface area contributed by atoms with E-state index in [4.69, 9.17) is 5.73 Å². The topological polar surface area (TPSA) is 61.0 Å². The van der Waals surface area contributed by atoms with E-state index >= 15 is 0 Å². The minimum absolute atomic E-state index is 0.257. The second kappa shape index (κ2) is 5.43. The predicted octanol–water partition coefficient (Wildman–Crippen LogP) is 3.54. The third kappa shape index (κ3) is 3.50. The smallest absolute Gasteiger partial charge is 0.406 e. The van der Waals surface area contributed by atoms with Gasteiger partial charge in [-0.05, 0) is 41.6 Å². The van der Waals surface area contributed by atoms with E-state index in [0.29, 0.717) is 14.8 Å². The number of alkyl halides is 3. The van der Waals surface area contributed by atoms with Crippen LogP contribution in [0.25, 0.3) is 11.4 Å². The van der Waals surface area contributed by atoms with Gasteiger partial charge in [0.15, 0.2) is 5.82 Å². The number of nitrogens with two attached hydrogens (primary N) is 1. The van der Waals surface area contributed by atoms with Crippen molar-refractivity contribution in [3.05, 3.63) is 33.5 Å². The number of nitrogen functional groups attached to an aromatic ring is 1.